The van der Waals surface area contributed by atoms with Crippen molar-refractivity contribution in [3.63, 3.8) is 0 Å². The molecule has 18 heavy (non-hydrogen) atoms. The highest BCUT2D eigenvalue weighted by Crippen LogP contribution is 2.26. The molecule has 1 N–H and O–H groups in total. The van der Waals surface area contributed by atoms with Crippen LogP contribution in [-0.2, 0) is 9.53 Å². The number of benzene rings is 1. The first-order chi connectivity index (χ1) is 8.60. The van der Waals surface area contributed by atoms with E-state index in [4.69, 9.17) is 26.7 Å². The van der Waals surface area contributed by atoms with E-state index in [0.717, 1.165) is 0 Å². The molecule has 0 aliphatic heterocycles. The molecule has 0 aromatic heterocycles. The van der Waals surface area contributed by atoms with Crippen LogP contribution in [0.25, 0.3) is 0 Å². The maximum Gasteiger partial charge on any atom is 0.323 e. The lowest BCUT2D eigenvalue weighted by atomic mass is 10.1. The van der Waals surface area contributed by atoms with Crippen molar-refractivity contribution in [2.45, 2.75) is 0 Å². The molecule has 1 rings (SSSR count). The molecule has 0 aliphatic carbocycles. The number of methoxy groups -OCH3 is 1. The first-order valence-electron chi connectivity index (χ1n) is 5.24. The van der Waals surface area contributed by atoms with Crippen LogP contribution >= 0.6 is 11.6 Å². The standard InChI is InChI=1S/C12H13ClN2O3/c1-18-6-5-15(8-12(16)17)11-4-2-3-10(13)9(11)7-14/h2-4H,5-6,8H2,1H3,(H,16,17). The number of ether oxygens (including phenoxy) is 1. The van der Waals surface area contributed by atoms with E-state index in [1.807, 2.05) is 6.07 Å². The number of carboxylic acids is 1. The van der Waals surface area contributed by atoms with E-state index in [1.54, 1.807) is 23.1 Å². The lowest BCUT2D eigenvalue weighted by molar-refractivity contribution is -0.135. The van der Waals surface area contributed by atoms with E-state index >= 15 is 0 Å². The maximum atomic E-state index is 10.8. The van der Waals surface area contributed by atoms with Gasteiger partial charge in [-0.2, -0.15) is 5.26 Å². The van der Waals surface area contributed by atoms with Gasteiger partial charge in [0.15, 0.2) is 0 Å². The number of carboxylic acid groups (broad SMARTS) is 1. The second kappa shape index (κ2) is 6.84. The average Bonchev–Trinajstić information content (AvgIpc) is 2.33. The Hall–Kier alpha value is -1.77. The Balaban J connectivity index is 3.08. The molecule has 5 nitrogen and oxygen atoms in total. The number of rotatable bonds is 6. The van der Waals surface area contributed by atoms with E-state index in [0.29, 0.717) is 23.9 Å². The number of hydrogen-bond acceptors (Lipinski definition) is 4. The predicted octanol–water partition coefficient (Wildman–Crippen LogP) is 1.75. The fraction of sp³-hybridized carbons (Fsp3) is 0.333. The molecule has 96 valence electrons. The first-order valence-corrected chi connectivity index (χ1v) is 5.62. The van der Waals surface area contributed by atoms with Crippen molar-refractivity contribution >= 4 is 23.3 Å². The van der Waals surface area contributed by atoms with Gasteiger partial charge in [-0.3, -0.25) is 4.79 Å². The SMILES string of the molecule is COCCN(CC(=O)O)c1cccc(Cl)c1C#N. The van der Waals surface area contributed by atoms with Gasteiger partial charge in [0.1, 0.15) is 12.6 Å². The molecule has 1 aromatic rings. The van der Waals surface area contributed by atoms with Gasteiger partial charge in [0.25, 0.3) is 0 Å². The van der Waals surface area contributed by atoms with Crippen molar-refractivity contribution in [3.8, 4) is 6.07 Å². The Bertz CT molecular complexity index is 471. The van der Waals surface area contributed by atoms with E-state index in [1.165, 1.54) is 7.11 Å². The van der Waals surface area contributed by atoms with Crippen molar-refractivity contribution < 1.29 is 14.6 Å². The molecule has 0 unspecified atom stereocenters. The average molecular weight is 269 g/mol. The summed E-state index contributed by atoms with van der Waals surface area (Å²) in [6.45, 7) is 0.529. The third-order valence-corrected chi connectivity index (χ3v) is 2.65. The van der Waals surface area contributed by atoms with Gasteiger partial charge in [-0.1, -0.05) is 17.7 Å². The molecule has 1 aromatic carbocycles. The summed E-state index contributed by atoms with van der Waals surface area (Å²) in [7, 11) is 1.53. The molecule has 0 amide bonds. The minimum absolute atomic E-state index is 0.210. The van der Waals surface area contributed by atoms with E-state index in [9.17, 15) is 4.79 Å². The van der Waals surface area contributed by atoms with Crippen LogP contribution in [0.3, 0.4) is 0 Å². The van der Waals surface area contributed by atoms with Gasteiger partial charge >= 0.3 is 5.97 Å². The van der Waals surface area contributed by atoms with Gasteiger partial charge in [0.05, 0.1) is 22.9 Å². The number of nitrogens with zero attached hydrogens (tertiary/aromatic N) is 2. The number of hydrogen-bond donors (Lipinski definition) is 1. The molecular weight excluding hydrogens is 256 g/mol. The van der Waals surface area contributed by atoms with Gasteiger partial charge < -0.3 is 14.7 Å². The van der Waals surface area contributed by atoms with Crippen molar-refractivity contribution in [1.29, 1.82) is 5.26 Å². The largest absolute Gasteiger partial charge is 0.480 e. The Labute approximate surface area is 110 Å². The van der Waals surface area contributed by atoms with Crippen LogP contribution in [0.2, 0.25) is 5.02 Å². The maximum absolute atomic E-state index is 10.8. The van der Waals surface area contributed by atoms with E-state index < -0.39 is 5.97 Å². The van der Waals surface area contributed by atoms with E-state index in [-0.39, 0.29) is 12.1 Å². The Morgan fingerprint density at radius 3 is 2.89 bits per heavy atom. The van der Waals surface area contributed by atoms with Crippen LogP contribution < -0.4 is 4.90 Å². The van der Waals surface area contributed by atoms with Crippen LogP contribution in [0.15, 0.2) is 18.2 Å². The molecule has 0 bridgehead atoms. The second-order valence-corrected chi connectivity index (χ2v) is 3.96. The highest BCUT2D eigenvalue weighted by molar-refractivity contribution is 6.32. The van der Waals surface area contributed by atoms with Gasteiger partial charge in [0.2, 0.25) is 0 Å². The van der Waals surface area contributed by atoms with Crippen molar-refractivity contribution in [2.24, 2.45) is 0 Å². The molecule has 0 radical (unpaired) electrons. The Morgan fingerprint density at radius 2 is 2.33 bits per heavy atom. The smallest absolute Gasteiger partial charge is 0.323 e. The zero-order valence-corrected chi connectivity index (χ0v) is 10.6. The molecule has 0 aliphatic rings. The zero-order chi connectivity index (χ0) is 13.5. The van der Waals surface area contributed by atoms with Crippen LogP contribution in [0.4, 0.5) is 5.69 Å². The highest BCUT2D eigenvalue weighted by atomic mass is 35.5. The van der Waals surface area contributed by atoms with Gasteiger partial charge in [0, 0.05) is 13.7 Å². The number of nitriles is 1. The minimum atomic E-state index is -0.977. The summed E-state index contributed by atoms with van der Waals surface area (Å²) in [5, 5.41) is 18.3. The molecule has 0 fully saturated rings. The molecule has 0 atom stereocenters. The second-order valence-electron chi connectivity index (χ2n) is 3.55. The number of aliphatic carboxylic acids is 1. The number of halogens is 1. The van der Waals surface area contributed by atoms with Crippen LogP contribution in [0.5, 0.6) is 0 Å². The normalized spacial score (nSPS) is 9.83. The van der Waals surface area contributed by atoms with Crippen LogP contribution in [-0.4, -0.2) is 37.9 Å². The highest BCUT2D eigenvalue weighted by Gasteiger charge is 2.16. The molecule has 0 saturated heterocycles. The first kappa shape index (κ1) is 14.3. The topological polar surface area (TPSA) is 73.6 Å². The monoisotopic (exact) mass is 268 g/mol. The van der Waals surface area contributed by atoms with Crippen LogP contribution in [0.1, 0.15) is 5.56 Å². The molecule has 6 heteroatoms. The summed E-state index contributed by atoms with van der Waals surface area (Å²) in [6.07, 6.45) is 0. The minimum Gasteiger partial charge on any atom is -0.480 e. The third-order valence-electron chi connectivity index (χ3n) is 2.34. The predicted molar refractivity (Wildman–Crippen MR) is 67.9 cm³/mol. The summed E-state index contributed by atoms with van der Waals surface area (Å²) in [5.74, 6) is -0.977. The molecule has 0 spiro atoms. The van der Waals surface area contributed by atoms with E-state index in [2.05, 4.69) is 0 Å². The lowest BCUT2D eigenvalue weighted by Gasteiger charge is -2.23. The Kier molecular flexibility index (Phi) is 5.43. The summed E-state index contributed by atoms with van der Waals surface area (Å²) < 4.78 is 4.93. The van der Waals surface area contributed by atoms with Crippen LogP contribution in [0, 0.1) is 11.3 Å². The van der Waals surface area contributed by atoms with Crippen molar-refractivity contribution in [2.75, 3.05) is 31.7 Å². The summed E-state index contributed by atoms with van der Waals surface area (Å²) in [6, 6.07) is 6.93. The molecule has 0 saturated carbocycles. The van der Waals surface area contributed by atoms with Gasteiger partial charge in [-0.15, -0.1) is 0 Å². The van der Waals surface area contributed by atoms with Gasteiger partial charge in [-0.25, -0.2) is 0 Å². The quantitative estimate of drug-likeness (QED) is 0.851. The van der Waals surface area contributed by atoms with Gasteiger partial charge in [-0.05, 0) is 12.1 Å². The summed E-state index contributed by atoms with van der Waals surface area (Å²) in [5.41, 5.74) is 0.779. The third kappa shape index (κ3) is 3.62. The zero-order valence-electron chi connectivity index (χ0n) is 9.89. The molecular formula is C12H13ClN2O3. The Morgan fingerprint density at radius 1 is 1.61 bits per heavy atom. The number of carbonyl (C=O) groups is 1. The van der Waals surface area contributed by atoms with Crippen molar-refractivity contribution in [3.05, 3.63) is 28.8 Å². The summed E-state index contributed by atoms with van der Waals surface area (Å²) >= 11 is 5.92. The molecule has 0 heterocycles. The number of anilines is 1. The summed E-state index contributed by atoms with van der Waals surface area (Å²) in [4.78, 5) is 12.4. The fourth-order valence-corrected chi connectivity index (χ4v) is 1.75. The lowest BCUT2D eigenvalue weighted by Crippen LogP contribution is -2.33. The fourth-order valence-electron chi connectivity index (χ4n) is 1.54. The van der Waals surface area contributed by atoms with Crippen molar-refractivity contribution in [1.82, 2.24) is 0 Å².